The van der Waals surface area contributed by atoms with Crippen molar-refractivity contribution >= 4 is 59.1 Å². The van der Waals surface area contributed by atoms with E-state index in [0.29, 0.717) is 18.4 Å². The van der Waals surface area contributed by atoms with E-state index < -0.39 is 146 Å². The second-order valence-electron chi connectivity index (χ2n) is 17.3. The fourth-order valence-corrected chi connectivity index (χ4v) is 7.62. The lowest BCUT2D eigenvalue weighted by atomic mass is 10.0. The summed E-state index contributed by atoms with van der Waals surface area (Å²) in [5.74, 6) is -9.64. The number of aliphatic carboxylic acids is 1. The Morgan fingerprint density at radius 1 is 0.565 bits per heavy atom. The summed E-state index contributed by atoms with van der Waals surface area (Å²) in [5, 5.41) is 75.0. The number of amides is 9. The molecule has 0 radical (unpaired) electrons. The second-order valence-corrected chi connectivity index (χ2v) is 17.3. The zero-order valence-electron chi connectivity index (χ0n) is 38.9. The van der Waals surface area contributed by atoms with Crippen LogP contribution < -0.4 is 43.0 Å². The second kappa shape index (κ2) is 26.9. The normalized spacial score (nSPS) is 19.1. The Labute approximate surface area is 397 Å². The van der Waals surface area contributed by atoms with Crippen molar-refractivity contribution in [1.82, 2.24) is 47.0 Å². The van der Waals surface area contributed by atoms with Gasteiger partial charge in [-0.05, 0) is 76.0 Å². The van der Waals surface area contributed by atoms with Crippen LogP contribution in [0.1, 0.15) is 65.4 Å². The third-order valence-corrected chi connectivity index (χ3v) is 11.4. The van der Waals surface area contributed by atoms with Gasteiger partial charge in [0.25, 0.3) is 0 Å². The Kier molecular flexibility index (Phi) is 22.2. The lowest BCUT2D eigenvalue weighted by Gasteiger charge is -2.29. The first-order valence-corrected chi connectivity index (χ1v) is 22.5. The average molecular weight is 979 g/mol. The van der Waals surface area contributed by atoms with Gasteiger partial charge in [0.05, 0.1) is 32.5 Å². The summed E-state index contributed by atoms with van der Waals surface area (Å²) in [4.78, 5) is 133. The van der Waals surface area contributed by atoms with Crippen molar-refractivity contribution < 1.29 is 78.6 Å². The largest absolute Gasteiger partial charge is 0.508 e. The molecule has 2 aliphatic heterocycles. The predicted molar refractivity (Wildman–Crippen MR) is 240 cm³/mol. The molecule has 26 heteroatoms. The van der Waals surface area contributed by atoms with Gasteiger partial charge in [-0.2, -0.15) is 0 Å². The number of aliphatic hydroxyl groups excluding tert-OH is 4. The summed E-state index contributed by atoms with van der Waals surface area (Å²) >= 11 is 0. The SMILES string of the molecule is CC(C)C[C@H](NC(=O)[C@H](CO)NC(=O)[C@H](CO)NC(=O)[C@H](CO)NC(=O)[C@@H]1CCCN1C(=O)[C@H](CO)NC(=O)[C@@H](N)Cc1ccc(O)cc1)C(=O)N[C@@H](C)C(=O)N1CCC[C@H]1C(=O)N[C@@H](C)C(=O)O. The number of benzene rings is 1. The molecule has 3 rings (SSSR count). The van der Waals surface area contributed by atoms with Gasteiger partial charge in [-0.1, -0.05) is 26.0 Å². The van der Waals surface area contributed by atoms with Gasteiger partial charge in [-0.3, -0.25) is 47.9 Å². The molecule has 2 fully saturated rings. The molecule has 2 heterocycles. The number of hydrogen-bond donors (Lipinski definition) is 14. The van der Waals surface area contributed by atoms with Crippen molar-refractivity contribution in [3.8, 4) is 5.75 Å². The number of likely N-dealkylation sites (tertiary alicyclic amines) is 2. The molecule has 69 heavy (non-hydrogen) atoms. The number of nitrogens with two attached hydrogens (primary N) is 1. The number of hydrogen-bond acceptors (Lipinski definition) is 16. The highest BCUT2D eigenvalue weighted by atomic mass is 16.4. The first-order valence-electron chi connectivity index (χ1n) is 22.5. The number of aliphatic hydroxyl groups is 4. The van der Waals surface area contributed by atoms with Crippen molar-refractivity contribution in [3.05, 3.63) is 29.8 Å². The van der Waals surface area contributed by atoms with Crippen molar-refractivity contribution in [1.29, 1.82) is 0 Å². The third-order valence-electron chi connectivity index (χ3n) is 11.4. The van der Waals surface area contributed by atoms with Gasteiger partial charge in [0, 0.05) is 13.1 Å². The van der Waals surface area contributed by atoms with Gasteiger partial charge < -0.3 is 83.4 Å². The maximum atomic E-state index is 13.5. The Balaban J connectivity index is 1.59. The number of aromatic hydroxyl groups is 1. The lowest BCUT2D eigenvalue weighted by molar-refractivity contribution is -0.144. The summed E-state index contributed by atoms with van der Waals surface area (Å²) in [6.07, 6.45) is 1.13. The number of phenolic OH excluding ortho intramolecular Hbond substituents is 1. The van der Waals surface area contributed by atoms with Gasteiger partial charge in [0.15, 0.2) is 0 Å². The van der Waals surface area contributed by atoms with Crippen LogP contribution in [0.25, 0.3) is 0 Å². The Bertz CT molecular complexity index is 2010. The highest BCUT2D eigenvalue weighted by molar-refractivity contribution is 5.98. The van der Waals surface area contributed by atoms with E-state index in [1.807, 2.05) is 0 Å². The first-order chi connectivity index (χ1) is 32.6. The average Bonchev–Trinajstić information content (AvgIpc) is 4.02. The Morgan fingerprint density at radius 2 is 0.986 bits per heavy atom. The molecule has 0 unspecified atom stereocenters. The highest BCUT2D eigenvalue weighted by Crippen LogP contribution is 2.21. The van der Waals surface area contributed by atoms with Crippen molar-refractivity contribution in [2.75, 3.05) is 39.5 Å². The van der Waals surface area contributed by atoms with Gasteiger partial charge in [0.1, 0.15) is 60.1 Å². The summed E-state index contributed by atoms with van der Waals surface area (Å²) in [6.45, 7) is 2.26. The van der Waals surface area contributed by atoms with Gasteiger partial charge in [-0.25, -0.2) is 0 Å². The number of carboxylic acids is 1. The van der Waals surface area contributed by atoms with E-state index in [4.69, 9.17) is 10.8 Å². The number of nitrogens with zero attached hydrogens (tertiary/aromatic N) is 2. The number of carbonyl (C=O) groups is 10. The number of phenols is 1. The molecule has 9 amide bonds. The maximum Gasteiger partial charge on any atom is 0.325 e. The summed E-state index contributed by atoms with van der Waals surface area (Å²) in [7, 11) is 0. The van der Waals surface area contributed by atoms with Crippen LogP contribution in [0.4, 0.5) is 0 Å². The molecular weight excluding hydrogens is 913 g/mol. The molecule has 1 aromatic rings. The zero-order chi connectivity index (χ0) is 51.7. The monoisotopic (exact) mass is 978 g/mol. The fourth-order valence-electron chi connectivity index (χ4n) is 7.62. The first kappa shape index (κ1) is 56.8. The van der Waals surface area contributed by atoms with Crippen LogP contribution in [0.3, 0.4) is 0 Å². The van der Waals surface area contributed by atoms with Crippen LogP contribution in [0.15, 0.2) is 24.3 Å². The molecule has 26 nitrogen and oxygen atoms in total. The molecule has 384 valence electrons. The van der Waals surface area contributed by atoms with Crippen molar-refractivity contribution in [2.45, 2.75) is 127 Å². The van der Waals surface area contributed by atoms with E-state index in [9.17, 15) is 73.5 Å². The van der Waals surface area contributed by atoms with Crippen LogP contribution in [0, 0.1) is 5.92 Å². The molecule has 15 N–H and O–H groups in total. The molecule has 10 atom stereocenters. The number of carboxylic acid groups (broad SMARTS) is 1. The maximum absolute atomic E-state index is 13.5. The smallest absolute Gasteiger partial charge is 0.325 e. The lowest BCUT2D eigenvalue weighted by Crippen LogP contribution is -2.61. The topological polar surface area (TPSA) is 409 Å². The quantitative estimate of drug-likeness (QED) is 0.0433. The van der Waals surface area contributed by atoms with E-state index in [1.165, 1.54) is 30.9 Å². The summed E-state index contributed by atoms with van der Waals surface area (Å²) in [5.41, 5.74) is 6.62. The van der Waals surface area contributed by atoms with Crippen molar-refractivity contribution in [2.24, 2.45) is 11.7 Å². The zero-order valence-corrected chi connectivity index (χ0v) is 38.9. The van der Waals surface area contributed by atoms with Gasteiger partial charge in [0.2, 0.25) is 53.2 Å². The molecule has 0 aliphatic carbocycles. The minimum absolute atomic E-state index is 0.00556. The third kappa shape index (κ3) is 16.3. The molecule has 1 aromatic carbocycles. The Hall–Kier alpha value is -6.48. The standard InChI is InChI=1S/C43H66N10O16/c1-21(2)15-27(35(60)45-22(3)41(66)52-13-5-7-32(52)39(64)46-23(4)43(68)69)47-36(61)28(17-54)48-37(62)29(18-55)49-38(63)30(19-56)50-40(65)33-8-6-14-53(33)42(67)31(20-57)51-34(59)26(44)16-24-9-11-25(58)12-10-24/h9-12,21-23,26-33,54-58H,5-8,13-20,44H2,1-4H3,(H,45,60)(H,46,64)(H,47,61)(H,48,62)(H,49,63)(H,50,65)(H,51,59)(H,68,69)/t22-,23-,26-,27-,28-,29-,30-,31-,32-,33-/m0/s1. The molecule has 2 aliphatic rings. The molecule has 2 saturated heterocycles. The van der Waals surface area contributed by atoms with Crippen molar-refractivity contribution in [3.63, 3.8) is 0 Å². The number of rotatable bonds is 25. The number of carbonyl (C=O) groups excluding carboxylic acids is 9. The van der Waals surface area contributed by atoms with Gasteiger partial charge in [-0.15, -0.1) is 0 Å². The van der Waals surface area contributed by atoms with Gasteiger partial charge >= 0.3 is 5.97 Å². The van der Waals surface area contributed by atoms with E-state index in [1.54, 1.807) is 26.0 Å². The van der Waals surface area contributed by atoms with E-state index >= 15 is 0 Å². The fraction of sp³-hybridized carbons (Fsp3) is 0.628. The molecule has 0 saturated carbocycles. The van der Waals surface area contributed by atoms with E-state index in [-0.39, 0.29) is 50.4 Å². The van der Waals surface area contributed by atoms with E-state index in [2.05, 4.69) is 37.2 Å². The summed E-state index contributed by atoms with van der Waals surface area (Å²) < 4.78 is 0. The molecular formula is C43H66N10O16. The minimum Gasteiger partial charge on any atom is -0.508 e. The predicted octanol–water partition coefficient (Wildman–Crippen LogP) is -6.22. The molecule has 0 spiro atoms. The van der Waals surface area contributed by atoms with Crippen LogP contribution in [-0.2, 0) is 54.4 Å². The van der Waals surface area contributed by atoms with E-state index in [0.717, 1.165) is 4.90 Å². The van der Waals surface area contributed by atoms with Crippen LogP contribution >= 0.6 is 0 Å². The number of nitrogens with one attached hydrogen (secondary N) is 7. The summed E-state index contributed by atoms with van der Waals surface area (Å²) in [6, 6.07) is -8.03. The Morgan fingerprint density at radius 3 is 1.45 bits per heavy atom. The van der Waals surface area contributed by atoms with Crippen LogP contribution in [-0.4, -0.2) is 200 Å². The molecule has 0 bridgehead atoms. The minimum atomic E-state index is -1.82. The highest BCUT2D eigenvalue weighted by Gasteiger charge is 2.41. The van der Waals surface area contributed by atoms with Crippen LogP contribution in [0.5, 0.6) is 5.75 Å². The van der Waals surface area contributed by atoms with Crippen LogP contribution in [0.2, 0.25) is 0 Å². The molecule has 0 aromatic heterocycles.